The average Bonchev–Trinajstić information content (AvgIpc) is 1.97. The van der Waals surface area contributed by atoms with E-state index in [1.807, 2.05) is 24.3 Å². The topological polar surface area (TPSA) is 0 Å². The molecule has 0 spiro atoms. The van der Waals surface area contributed by atoms with Gasteiger partial charge in [-0.15, -0.1) is 0 Å². The summed E-state index contributed by atoms with van der Waals surface area (Å²) in [5.74, 6) is 0. The second kappa shape index (κ2) is 7.55. The second-order valence-electron chi connectivity index (χ2n) is 1.73. The monoisotopic (exact) mass is 303 g/mol. The average molecular weight is 306 g/mol. The molecule has 0 unspecified atom stereocenters. The number of benzene rings is 1. The van der Waals surface area contributed by atoms with Crippen molar-refractivity contribution in [3.63, 3.8) is 0 Å². The summed E-state index contributed by atoms with van der Waals surface area (Å²) in [5, 5.41) is 0. The molecule has 0 N–H and O–H groups in total. The number of hydrogen-bond acceptors (Lipinski definition) is 0. The van der Waals surface area contributed by atoms with Crippen molar-refractivity contribution in [3.05, 3.63) is 41.2 Å². The van der Waals surface area contributed by atoms with Gasteiger partial charge in [0.1, 0.15) is 0 Å². The van der Waals surface area contributed by atoms with Crippen LogP contribution in [-0.4, -0.2) is 0 Å². The zero-order valence-electron chi connectivity index (χ0n) is 5.86. The van der Waals surface area contributed by atoms with E-state index < -0.39 is 15.1 Å². The molecule has 1 radical (unpaired) electrons. The summed E-state index contributed by atoms with van der Waals surface area (Å²) in [6, 6.07) is 7.87. The molecule has 0 aliphatic carbocycles. The molecule has 0 nitrogen and oxygen atoms in total. The van der Waals surface area contributed by atoms with Crippen molar-refractivity contribution in [1.82, 2.24) is 0 Å². The van der Waals surface area contributed by atoms with Gasteiger partial charge in [0, 0.05) is 4.47 Å². The molecule has 0 aliphatic heterocycles. The first-order valence-electron chi connectivity index (χ1n) is 2.90. The van der Waals surface area contributed by atoms with Gasteiger partial charge < -0.3 is 0 Å². The number of hydrogen-bond donors (Lipinski definition) is 0. The molecule has 4 heteroatoms. The maximum atomic E-state index is 4.95. The third-order valence-electron chi connectivity index (χ3n) is 0.913. The van der Waals surface area contributed by atoms with Crippen LogP contribution in [0.15, 0.2) is 28.7 Å². The van der Waals surface area contributed by atoms with E-state index in [0.29, 0.717) is 0 Å². The van der Waals surface area contributed by atoms with Crippen LogP contribution in [0.25, 0.3) is 0 Å². The molecule has 0 heterocycles. The Morgan fingerprint density at radius 1 is 1.18 bits per heavy atom. The zero-order chi connectivity index (χ0) is 8.69. The molecule has 11 heavy (non-hydrogen) atoms. The van der Waals surface area contributed by atoms with Crippen LogP contribution in [-0.2, 0) is 15.1 Å². The maximum absolute atomic E-state index is 4.95. The van der Waals surface area contributed by atoms with Gasteiger partial charge >= 0.3 is 34.5 Å². The molecule has 1 aromatic rings. The summed E-state index contributed by atoms with van der Waals surface area (Å²) in [7, 11) is 9.90. The minimum absolute atomic E-state index is 0.931. The predicted octanol–water partition coefficient (Wildman–Crippen LogP) is 4.01. The van der Waals surface area contributed by atoms with Crippen LogP contribution in [0.5, 0.6) is 0 Å². The van der Waals surface area contributed by atoms with Gasteiger partial charge in [-0.05, 0) is 24.6 Å². The summed E-state index contributed by atoms with van der Waals surface area (Å²) in [6.45, 7) is 3.74. The van der Waals surface area contributed by atoms with Crippen LogP contribution in [0.1, 0.15) is 5.56 Å². The van der Waals surface area contributed by atoms with E-state index in [-0.39, 0.29) is 0 Å². The van der Waals surface area contributed by atoms with Gasteiger partial charge in [0.05, 0.1) is 0 Å². The Morgan fingerprint density at radius 2 is 1.55 bits per heavy atom. The summed E-state index contributed by atoms with van der Waals surface area (Å²) in [4.78, 5) is 0. The quantitative estimate of drug-likeness (QED) is 0.635. The second-order valence-corrected chi connectivity index (χ2v) is 7.27. The Bertz CT molecular complexity index is 167. The SMILES string of the molecule is [CH2]c1ccc(Br)cc1.[Cl][Zn][Cl]. The molecule has 0 atom stereocenters. The first-order valence-corrected chi connectivity index (χ1v) is 11.5. The van der Waals surface area contributed by atoms with Crippen LogP contribution in [0.3, 0.4) is 0 Å². The van der Waals surface area contributed by atoms with Gasteiger partial charge in [-0.1, -0.05) is 28.1 Å². The molecule has 0 saturated heterocycles. The summed E-state index contributed by atoms with van der Waals surface area (Å²) in [5.41, 5.74) is 1.05. The zero-order valence-corrected chi connectivity index (χ0v) is 11.9. The fourth-order valence-electron chi connectivity index (χ4n) is 0.484. The number of halogens is 3. The fraction of sp³-hybridized carbons (Fsp3) is 0. The Kier molecular flexibility index (Phi) is 8.17. The van der Waals surface area contributed by atoms with Crippen molar-refractivity contribution >= 4 is 35.3 Å². The van der Waals surface area contributed by atoms with Crippen molar-refractivity contribution in [1.29, 1.82) is 0 Å². The van der Waals surface area contributed by atoms with E-state index in [1.54, 1.807) is 0 Å². The summed E-state index contributed by atoms with van der Waals surface area (Å²) < 4.78 is 1.10. The normalized spacial score (nSPS) is 7.64. The molecular formula is C7H6BrCl2Zn. The van der Waals surface area contributed by atoms with Crippen molar-refractivity contribution < 1.29 is 15.1 Å². The van der Waals surface area contributed by atoms with Crippen LogP contribution in [0, 0.1) is 6.92 Å². The van der Waals surface area contributed by atoms with E-state index in [1.165, 1.54) is 0 Å². The third-order valence-corrected chi connectivity index (χ3v) is 1.44. The van der Waals surface area contributed by atoms with Gasteiger partial charge in [0.2, 0.25) is 0 Å². The third kappa shape index (κ3) is 7.27. The first-order chi connectivity index (χ1) is 5.20. The van der Waals surface area contributed by atoms with Crippen LogP contribution < -0.4 is 0 Å². The van der Waals surface area contributed by atoms with Gasteiger partial charge in [-0.2, -0.15) is 0 Å². The molecule has 0 saturated carbocycles. The molecule has 0 aliphatic rings. The van der Waals surface area contributed by atoms with Crippen LogP contribution in [0.4, 0.5) is 0 Å². The van der Waals surface area contributed by atoms with Gasteiger partial charge in [-0.3, -0.25) is 0 Å². The van der Waals surface area contributed by atoms with Crippen LogP contribution in [0.2, 0.25) is 0 Å². The fourth-order valence-corrected chi connectivity index (χ4v) is 0.749. The summed E-state index contributed by atoms with van der Waals surface area (Å²) >= 11 is 2.39. The molecular weight excluding hydrogens is 300 g/mol. The van der Waals surface area contributed by atoms with E-state index in [4.69, 9.17) is 19.4 Å². The molecule has 0 aromatic heterocycles. The predicted molar refractivity (Wildman–Crippen MR) is 50.3 cm³/mol. The molecule has 1 aromatic carbocycles. The van der Waals surface area contributed by atoms with Crippen molar-refractivity contribution in [2.45, 2.75) is 0 Å². The van der Waals surface area contributed by atoms with Gasteiger partial charge in [-0.25, -0.2) is 0 Å². The Morgan fingerprint density at radius 3 is 1.82 bits per heavy atom. The van der Waals surface area contributed by atoms with Gasteiger partial charge in [0.15, 0.2) is 0 Å². The molecule has 0 fully saturated rings. The van der Waals surface area contributed by atoms with E-state index in [2.05, 4.69) is 22.9 Å². The minimum atomic E-state index is -0.931. The van der Waals surface area contributed by atoms with Crippen molar-refractivity contribution in [2.75, 3.05) is 0 Å². The van der Waals surface area contributed by atoms with E-state index >= 15 is 0 Å². The molecule has 1 rings (SSSR count). The first kappa shape index (κ1) is 11.9. The molecule has 57 valence electrons. The Hall–Kier alpha value is 0.903. The number of rotatable bonds is 0. The van der Waals surface area contributed by atoms with Gasteiger partial charge in [0.25, 0.3) is 0 Å². The Labute approximate surface area is 91.1 Å². The Balaban J connectivity index is 0.000000292. The summed E-state index contributed by atoms with van der Waals surface area (Å²) in [6.07, 6.45) is 0. The standard InChI is InChI=1S/C7H6Br.2ClH.Zn/c1-6-2-4-7(8)5-3-6;;;/h2-5H,1H2;2*1H;/q;;;+2/p-2. The van der Waals surface area contributed by atoms with Crippen LogP contribution >= 0.6 is 35.3 Å². The van der Waals surface area contributed by atoms with E-state index in [0.717, 1.165) is 10.0 Å². The van der Waals surface area contributed by atoms with E-state index in [9.17, 15) is 0 Å². The molecule has 0 amide bonds. The van der Waals surface area contributed by atoms with Crippen molar-refractivity contribution in [3.8, 4) is 0 Å². The van der Waals surface area contributed by atoms with Crippen molar-refractivity contribution in [2.24, 2.45) is 0 Å². The molecule has 0 bridgehead atoms.